The van der Waals surface area contributed by atoms with Crippen LogP contribution < -0.4 is 10.6 Å². The van der Waals surface area contributed by atoms with E-state index in [2.05, 4.69) is 20.8 Å². The largest absolute Gasteiger partial charge is 0.416 e. The molecule has 4 rings (SSSR count). The summed E-state index contributed by atoms with van der Waals surface area (Å²) >= 11 is 0. The van der Waals surface area contributed by atoms with E-state index in [1.165, 1.54) is 0 Å². The third-order valence-corrected chi connectivity index (χ3v) is 5.29. The van der Waals surface area contributed by atoms with Gasteiger partial charge in [-0.25, -0.2) is 0 Å². The number of hydrogen-bond acceptors (Lipinski definition) is 5. The van der Waals surface area contributed by atoms with E-state index in [4.69, 9.17) is 4.42 Å². The van der Waals surface area contributed by atoms with E-state index < -0.39 is 0 Å². The van der Waals surface area contributed by atoms with Crippen LogP contribution in [0, 0.1) is 12.8 Å². The minimum atomic E-state index is -0.318. The maximum atomic E-state index is 12.8. The highest BCUT2D eigenvalue weighted by molar-refractivity contribution is 6.09. The molecular formula is C27H26N4O3. The van der Waals surface area contributed by atoms with Crippen molar-refractivity contribution in [2.75, 3.05) is 11.9 Å². The Morgan fingerprint density at radius 1 is 0.853 bits per heavy atom. The first-order chi connectivity index (χ1) is 16.4. The van der Waals surface area contributed by atoms with E-state index in [0.717, 1.165) is 11.1 Å². The van der Waals surface area contributed by atoms with Crippen LogP contribution in [0.5, 0.6) is 0 Å². The molecule has 0 fully saturated rings. The first kappa shape index (κ1) is 22.9. The van der Waals surface area contributed by atoms with Crippen LogP contribution in [0.2, 0.25) is 0 Å². The number of anilines is 1. The van der Waals surface area contributed by atoms with Crippen molar-refractivity contribution in [2.24, 2.45) is 5.92 Å². The molecule has 0 aliphatic rings. The molecule has 1 aromatic heterocycles. The zero-order chi connectivity index (χ0) is 24.1. The predicted octanol–water partition coefficient (Wildman–Crippen LogP) is 5.35. The molecule has 34 heavy (non-hydrogen) atoms. The number of aromatic nitrogens is 2. The highest BCUT2D eigenvalue weighted by atomic mass is 16.4. The number of nitrogens with one attached hydrogen (secondary N) is 2. The molecule has 1 heterocycles. The average molecular weight is 455 g/mol. The first-order valence-corrected chi connectivity index (χ1v) is 11.1. The summed E-state index contributed by atoms with van der Waals surface area (Å²) in [6, 6.07) is 21.6. The van der Waals surface area contributed by atoms with Gasteiger partial charge in [0.1, 0.15) is 0 Å². The number of rotatable bonds is 7. The fourth-order valence-corrected chi connectivity index (χ4v) is 3.40. The van der Waals surface area contributed by atoms with E-state index in [9.17, 15) is 9.59 Å². The molecule has 4 aromatic rings. The van der Waals surface area contributed by atoms with Crippen LogP contribution in [0.25, 0.3) is 22.9 Å². The van der Waals surface area contributed by atoms with Gasteiger partial charge in [0.25, 0.3) is 11.8 Å². The minimum Gasteiger partial charge on any atom is -0.416 e. The van der Waals surface area contributed by atoms with Gasteiger partial charge in [0.2, 0.25) is 11.8 Å². The Kier molecular flexibility index (Phi) is 6.82. The maximum Gasteiger partial charge on any atom is 0.255 e. The third-order valence-electron chi connectivity index (χ3n) is 5.29. The highest BCUT2D eigenvalue weighted by Gasteiger charge is 2.16. The molecule has 0 bridgehead atoms. The maximum absolute atomic E-state index is 12.8. The van der Waals surface area contributed by atoms with Crippen molar-refractivity contribution in [1.29, 1.82) is 0 Å². The van der Waals surface area contributed by atoms with Crippen LogP contribution in [0.3, 0.4) is 0 Å². The lowest BCUT2D eigenvalue weighted by molar-refractivity contribution is 0.0950. The van der Waals surface area contributed by atoms with Crippen molar-refractivity contribution in [3.05, 3.63) is 89.5 Å². The highest BCUT2D eigenvalue weighted by Crippen LogP contribution is 2.26. The quantitative estimate of drug-likeness (QED) is 0.392. The molecule has 172 valence electrons. The number of carbonyl (C=O) groups excluding carboxylic acids is 2. The number of carbonyl (C=O) groups is 2. The van der Waals surface area contributed by atoms with E-state index in [0.29, 0.717) is 46.6 Å². The van der Waals surface area contributed by atoms with Gasteiger partial charge in [0.15, 0.2) is 0 Å². The number of amides is 2. The molecule has 3 aromatic carbocycles. The Balaban J connectivity index is 1.48. The normalized spacial score (nSPS) is 10.8. The Bertz CT molecular complexity index is 1310. The van der Waals surface area contributed by atoms with Crippen LogP contribution in [0.15, 0.2) is 77.2 Å². The summed E-state index contributed by atoms with van der Waals surface area (Å²) in [6.07, 6.45) is 0. The lowest BCUT2D eigenvalue weighted by atomic mass is 10.1. The third kappa shape index (κ3) is 5.20. The predicted molar refractivity (Wildman–Crippen MR) is 131 cm³/mol. The smallest absolute Gasteiger partial charge is 0.255 e. The van der Waals surface area contributed by atoms with Crippen molar-refractivity contribution >= 4 is 17.5 Å². The molecule has 0 atom stereocenters. The number of hydrogen-bond donors (Lipinski definition) is 2. The summed E-state index contributed by atoms with van der Waals surface area (Å²) in [7, 11) is 0. The Morgan fingerprint density at radius 3 is 2.26 bits per heavy atom. The molecule has 0 saturated heterocycles. The van der Waals surface area contributed by atoms with Crippen molar-refractivity contribution < 1.29 is 14.0 Å². The fraction of sp³-hybridized carbons (Fsp3) is 0.185. The second-order valence-electron chi connectivity index (χ2n) is 8.41. The van der Waals surface area contributed by atoms with Crippen LogP contribution >= 0.6 is 0 Å². The van der Waals surface area contributed by atoms with Gasteiger partial charge >= 0.3 is 0 Å². The van der Waals surface area contributed by atoms with Gasteiger partial charge in [-0.15, -0.1) is 10.2 Å². The standard InChI is InChI=1S/C27H26N4O3/c1-17(2)16-28-25(33)22-10-6-7-11-23(22)29-24(32)19-12-14-20(15-13-19)26-30-31-27(34-26)21-9-5-4-8-18(21)3/h4-15,17H,16H2,1-3H3,(H,28,33)(H,29,32). The second-order valence-corrected chi connectivity index (χ2v) is 8.41. The molecule has 0 saturated carbocycles. The summed E-state index contributed by atoms with van der Waals surface area (Å²) in [6.45, 7) is 6.59. The van der Waals surface area contributed by atoms with E-state index in [1.54, 1.807) is 48.5 Å². The molecule has 7 nitrogen and oxygen atoms in total. The lowest BCUT2D eigenvalue weighted by Gasteiger charge is -2.12. The van der Waals surface area contributed by atoms with E-state index in [-0.39, 0.29) is 11.8 Å². The zero-order valence-electron chi connectivity index (χ0n) is 19.3. The van der Waals surface area contributed by atoms with Gasteiger partial charge in [-0.05, 0) is 60.9 Å². The van der Waals surface area contributed by atoms with Crippen molar-refractivity contribution in [2.45, 2.75) is 20.8 Å². The summed E-state index contributed by atoms with van der Waals surface area (Å²) in [5.74, 6) is 0.609. The summed E-state index contributed by atoms with van der Waals surface area (Å²) < 4.78 is 5.85. The Hall–Kier alpha value is -4.26. The molecule has 0 aliphatic carbocycles. The summed E-state index contributed by atoms with van der Waals surface area (Å²) in [4.78, 5) is 25.4. The van der Waals surface area contributed by atoms with E-state index in [1.807, 2.05) is 45.0 Å². The molecule has 0 aliphatic heterocycles. The molecule has 0 radical (unpaired) electrons. The molecular weight excluding hydrogens is 428 g/mol. The van der Waals surface area contributed by atoms with Crippen LogP contribution in [0.4, 0.5) is 5.69 Å². The van der Waals surface area contributed by atoms with Gasteiger partial charge in [-0.3, -0.25) is 9.59 Å². The summed E-state index contributed by atoms with van der Waals surface area (Å²) in [5, 5.41) is 14.0. The molecule has 7 heteroatoms. The average Bonchev–Trinajstić information content (AvgIpc) is 3.33. The fourth-order valence-electron chi connectivity index (χ4n) is 3.40. The number of benzene rings is 3. The van der Waals surface area contributed by atoms with Gasteiger partial charge in [0, 0.05) is 23.2 Å². The van der Waals surface area contributed by atoms with Crippen LogP contribution in [-0.2, 0) is 0 Å². The van der Waals surface area contributed by atoms with Crippen molar-refractivity contribution in [3.8, 4) is 22.9 Å². The number of aryl methyl sites for hydroxylation is 1. The topological polar surface area (TPSA) is 97.1 Å². The van der Waals surface area contributed by atoms with Gasteiger partial charge in [0.05, 0.1) is 11.3 Å². The lowest BCUT2D eigenvalue weighted by Crippen LogP contribution is -2.28. The van der Waals surface area contributed by atoms with Gasteiger partial charge in [-0.2, -0.15) is 0 Å². The SMILES string of the molecule is Cc1ccccc1-c1nnc(-c2ccc(C(=O)Nc3ccccc3C(=O)NCC(C)C)cc2)o1. The monoisotopic (exact) mass is 454 g/mol. The molecule has 0 spiro atoms. The van der Waals surface area contributed by atoms with Crippen molar-refractivity contribution in [3.63, 3.8) is 0 Å². The summed E-state index contributed by atoms with van der Waals surface area (Å²) in [5.41, 5.74) is 3.95. The number of nitrogens with zero attached hydrogens (tertiary/aromatic N) is 2. The Morgan fingerprint density at radius 2 is 1.53 bits per heavy atom. The van der Waals surface area contributed by atoms with Gasteiger partial charge < -0.3 is 15.1 Å². The molecule has 2 amide bonds. The van der Waals surface area contributed by atoms with Crippen LogP contribution in [-0.4, -0.2) is 28.6 Å². The molecule has 0 unspecified atom stereocenters. The first-order valence-electron chi connectivity index (χ1n) is 11.1. The van der Waals surface area contributed by atoms with Crippen LogP contribution in [0.1, 0.15) is 40.1 Å². The Labute approximate surface area is 198 Å². The second kappa shape index (κ2) is 10.1. The molecule has 2 N–H and O–H groups in total. The zero-order valence-corrected chi connectivity index (χ0v) is 19.3. The minimum absolute atomic E-state index is 0.221. The van der Waals surface area contributed by atoms with Crippen molar-refractivity contribution in [1.82, 2.24) is 15.5 Å². The van der Waals surface area contributed by atoms with Gasteiger partial charge in [-0.1, -0.05) is 44.2 Å². The van der Waals surface area contributed by atoms with E-state index >= 15 is 0 Å². The number of para-hydroxylation sites is 1.